The van der Waals surface area contributed by atoms with Gasteiger partial charge in [0.05, 0.1) is 23.7 Å². The van der Waals surface area contributed by atoms with Crippen molar-refractivity contribution in [1.82, 2.24) is 9.13 Å². The molecule has 2 N–H and O–H groups in total. The minimum Gasteiger partial charge on any atom is -0.394 e. The summed E-state index contributed by atoms with van der Waals surface area (Å²) in [5.74, 6) is 0.0889. The van der Waals surface area contributed by atoms with Crippen LogP contribution < -0.4 is 5.62 Å². The highest BCUT2D eigenvalue weighted by Crippen LogP contribution is 2.22. The van der Waals surface area contributed by atoms with E-state index in [2.05, 4.69) is 31.2 Å². The first-order valence-electron chi connectivity index (χ1n) is 9.86. The topological polar surface area (TPSA) is 71.0 Å². The van der Waals surface area contributed by atoms with Gasteiger partial charge in [-0.1, -0.05) is 54.1 Å². The Bertz CT molecular complexity index is 1160. The third kappa shape index (κ3) is 3.87. The normalized spacial score (nSPS) is 15.0. The number of aromatic nitrogens is 2. The first-order valence-corrected chi connectivity index (χ1v) is 9.86. The number of hydrogen-bond donors (Lipinski definition) is 2. The fourth-order valence-corrected chi connectivity index (χ4v) is 3.96. The molecule has 1 heterocycles. The van der Waals surface area contributed by atoms with Crippen LogP contribution >= 0.6 is 0 Å². The van der Waals surface area contributed by atoms with Crippen molar-refractivity contribution in [3.63, 3.8) is 0 Å². The van der Waals surface area contributed by atoms with E-state index in [9.17, 15) is 9.90 Å². The second-order valence-corrected chi connectivity index (χ2v) is 7.62. The number of nitrogens with zero attached hydrogens (tertiary/aromatic N) is 2. The molecule has 5 nitrogen and oxygen atoms in total. The monoisotopic (exact) mass is 387 g/mol. The molecule has 1 atom stereocenters. The molecule has 0 radical (unpaired) electrons. The molecule has 0 fully saturated rings. The Morgan fingerprint density at radius 1 is 1.10 bits per heavy atom. The zero-order valence-electron chi connectivity index (χ0n) is 16.5. The molecule has 1 aliphatic rings. The van der Waals surface area contributed by atoms with Crippen LogP contribution in [0.25, 0.3) is 11.0 Å². The van der Waals surface area contributed by atoms with Gasteiger partial charge >= 0.3 is 0 Å². The number of rotatable bonds is 6. The number of benzene rings is 2. The molecule has 0 saturated heterocycles. The number of nitrogens with one attached hydrogen (secondary N) is 1. The summed E-state index contributed by atoms with van der Waals surface area (Å²) in [7, 11) is 0. The SMILES string of the molecule is Cc1ccc(CC(CO)n2c(=N)n(CC3=CC=CC(=O)C3)c3ccccc32)cc1. The van der Waals surface area contributed by atoms with Crippen molar-refractivity contribution >= 4 is 16.8 Å². The van der Waals surface area contributed by atoms with E-state index in [-0.39, 0.29) is 18.4 Å². The average molecular weight is 387 g/mol. The van der Waals surface area contributed by atoms with E-state index in [1.165, 1.54) is 5.56 Å². The van der Waals surface area contributed by atoms with Crippen LogP contribution in [0.4, 0.5) is 0 Å². The van der Waals surface area contributed by atoms with E-state index >= 15 is 0 Å². The van der Waals surface area contributed by atoms with Gasteiger partial charge in [-0.05, 0) is 42.7 Å². The molecule has 29 heavy (non-hydrogen) atoms. The average Bonchev–Trinajstić information content (AvgIpc) is 2.99. The Morgan fingerprint density at radius 2 is 1.83 bits per heavy atom. The van der Waals surface area contributed by atoms with Gasteiger partial charge in [-0.2, -0.15) is 0 Å². The summed E-state index contributed by atoms with van der Waals surface area (Å²) in [5, 5.41) is 19.0. The van der Waals surface area contributed by atoms with Crippen LogP contribution in [0.1, 0.15) is 23.6 Å². The van der Waals surface area contributed by atoms with E-state index in [1.807, 2.05) is 39.5 Å². The number of aryl methyl sites for hydroxylation is 1. The van der Waals surface area contributed by atoms with Gasteiger partial charge in [-0.25, -0.2) is 0 Å². The number of ketones is 1. The molecule has 1 aliphatic carbocycles. The van der Waals surface area contributed by atoms with Crippen molar-refractivity contribution in [1.29, 1.82) is 5.41 Å². The Labute approximate surface area is 169 Å². The van der Waals surface area contributed by atoms with Gasteiger partial charge in [0.2, 0.25) is 5.62 Å². The number of carbonyl (C=O) groups excluding carboxylic acids is 1. The third-order valence-electron chi connectivity index (χ3n) is 5.46. The maximum Gasteiger partial charge on any atom is 0.203 e. The van der Waals surface area contributed by atoms with Crippen molar-refractivity contribution in [3.8, 4) is 0 Å². The summed E-state index contributed by atoms with van der Waals surface area (Å²) in [6.07, 6.45) is 6.34. The lowest BCUT2D eigenvalue weighted by Crippen LogP contribution is -2.31. The van der Waals surface area contributed by atoms with Crippen molar-refractivity contribution in [2.24, 2.45) is 0 Å². The van der Waals surface area contributed by atoms with Gasteiger partial charge in [0.25, 0.3) is 0 Å². The van der Waals surface area contributed by atoms with Crippen molar-refractivity contribution in [2.45, 2.75) is 32.4 Å². The lowest BCUT2D eigenvalue weighted by atomic mass is 10.0. The fourth-order valence-electron chi connectivity index (χ4n) is 3.96. The molecule has 1 aromatic heterocycles. The van der Waals surface area contributed by atoms with E-state index < -0.39 is 0 Å². The van der Waals surface area contributed by atoms with E-state index in [0.29, 0.717) is 25.0 Å². The third-order valence-corrected chi connectivity index (χ3v) is 5.46. The van der Waals surface area contributed by atoms with Crippen LogP contribution in [0.15, 0.2) is 72.3 Å². The molecule has 5 heteroatoms. The molecule has 0 saturated carbocycles. The molecule has 0 bridgehead atoms. The Morgan fingerprint density at radius 3 is 2.52 bits per heavy atom. The maximum absolute atomic E-state index is 11.8. The minimum absolute atomic E-state index is 0.0532. The number of aliphatic hydroxyl groups excluding tert-OH is 1. The predicted molar refractivity (Wildman–Crippen MR) is 114 cm³/mol. The first-order chi connectivity index (χ1) is 14.1. The lowest BCUT2D eigenvalue weighted by molar-refractivity contribution is -0.114. The Kier molecular flexibility index (Phi) is 5.32. The summed E-state index contributed by atoms with van der Waals surface area (Å²) in [4.78, 5) is 11.8. The molecule has 148 valence electrons. The summed E-state index contributed by atoms with van der Waals surface area (Å²) < 4.78 is 3.83. The van der Waals surface area contributed by atoms with Crippen LogP contribution in [0.5, 0.6) is 0 Å². The molecular formula is C24H25N3O2. The van der Waals surface area contributed by atoms with E-state index in [0.717, 1.165) is 22.2 Å². The van der Waals surface area contributed by atoms with E-state index in [4.69, 9.17) is 5.41 Å². The van der Waals surface area contributed by atoms with Crippen molar-refractivity contribution in [3.05, 3.63) is 89.1 Å². The van der Waals surface area contributed by atoms with Gasteiger partial charge in [-0.3, -0.25) is 10.2 Å². The molecule has 1 unspecified atom stereocenters. The number of imidazole rings is 1. The lowest BCUT2D eigenvalue weighted by Gasteiger charge is -2.18. The highest BCUT2D eigenvalue weighted by atomic mass is 16.3. The summed E-state index contributed by atoms with van der Waals surface area (Å²) in [6, 6.07) is 15.9. The van der Waals surface area contributed by atoms with Gasteiger partial charge in [0.15, 0.2) is 5.78 Å². The van der Waals surface area contributed by atoms with Gasteiger partial charge in [0.1, 0.15) is 0 Å². The molecule has 4 rings (SSSR count). The zero-order valence-corrected chi connectivity index (χ0v) is 16.5. The van der Waals surface area contributed by atoms with Crippen molar-refractivity contribution in [2.75, 3.05) is 6.61 Å². The van der Waals surface area contributed by atoms with Gasteiger partial charge in [-0.15, -0.1) is 0 Å². The summed E-state index contributed by atoms with van der Waals surface area (Å²) in [6.45, 7) is 2.49. The second-order valence-electron chi connectivity index (χ2n) is 7.62. The van der Waals surface area contributed by atoms with Crippen LogP contribution in [-0.4, -0.2) is 26.6 Å². The number of para-hydroxylation sites is 2. The highest BCUT2D eigenvalue weighted by molar-refractivity contribution is 5.93. The maximum atomic E-state index is 11.8. The largest absolute Gasteiger partial charge is 0.394 e. The summed E-state index contributed by atoms with van der Waals surface area (Å²) >= 11 is 0. The summed E-state index contributed by atoms with van der Waals surface area (Å²) in [5.41, 5.74) is 5.50. The molecular weight excluding hydrogens is 362 g/mol. The zero-order chi connectivity index (χ0) is 20.4. The minimum atomic E-state index is -0.238. The molecule has 0 spiro atoms. The molecule has 2 aromatic carbocycles. The smallest absolute Gasteiger partial charge is 0.203 e. The molecule has 0 amide bonds. The van der Waals surface area contributed by atoms with Crippen LogP contribution in [0.2, 0.25) is 0 Å². The Balaban J connectivity index is 1.76. The molecule has 3 aromatic rings. The fraction of sp³-hybridized carbons (Fsp3) is 0.250. The second kappa shape index (κ2) is 8.05. The van der Waals surface area contributed by atoms with Crippen LogP contribution in [-0.2, 0) is 17.8 Å². The quantitative estimate of drug-likeness (QED) is 0.680. The number of carbonyl (C=O) groups is 1. The van der Waals surface area contributed by atoms with Crippen molar-refractivity contribution < 1.29 is 9.90 Å². The standard InChI is InChI=1S/C24H25N3O2/c1-17-9-11-18(12-10-17)13-20(16-28)27-23-8-3-2-7-22(23)26(24(27)25)15-19-5-4-6-21(29)14-19/h2-12,20,25,28H,13-16H2,1H3. The van der Waals surface area contributed by atoms with Gasteiger partial charge in [0, 0.05) is 13.0 Å². The van der Waals surface area contributed by atoms with E-state index in [1.54, 1.807) is 12.2 Å². The number of fused-ring (bicyclic) bond motifs is 1. The highest BCUT2D eigenvalue weighted by Gasteiger charge is 2.20. The first kappa shape index (κ1) is 19.2. The molecule has 0 aliphatic heterocycles. The number of aliphatic hydroxyl groups is 1. The Hall–Kier alpha value is -3.18. The van der Waals surface area contributed by atoms with Crippen LogP contribution in [0.3, 0.4) is 0 Å². The van der Waals surface area contributed by atoms with Gasteiger partial charge < -0.3 is 14.2 Å². The predicted octanol–water partition coefficient (Wildman–Crippen LogP) is 3.46. The van der Waals surface area contributed by atoms with Crippen LogP contribution in [0, 0.1) is 12.3 Å². The number of allylic oxidation sites excluding steroid dienone is 4. The number of hydrogen-bond acceptors (Lipinski definition) is 3.